The number of carbonyl (C=O) groups excluding carboxylic acids is 1. The van der Waals surface area contributed by atoms with E-state index in [4.69, 9.17) is 21.1 Å². The average molecular weight is 585 g/mol. The maximum Gasteiger partial charge on any atom is 0.256 e. The van der Waals surface area contributed by atoms with Crippen LogP contribution in [0.15, 0.2) is 36.8 Å². The number of nitrogens with zero attached hydrogens (tertiary/aromatic N) is 4. The largest absolute Gasteiger partial charge is 0.350 e. The highest BCUT2D eigenvalue weighted by Crippen LogP contribution is 2.35. The third kappa shape index (κ3) is 6.46. The molecule has 7 nitrogen and oxygen atoms in total. The van der Waals surface area contributed by atoms with Crippen molar-refractivity contribution in [3.05, 3.63) is 58.8 Å². The molecule has 3 aromatic rings. The Labute approximate surface area is 247 Å². The SMILES string of the molecule is CC(C)C(CCC1OCCO1)N1CC[C@H](Cc2cn(-c3ccc(F)cc3C(=O)N(C)C(C)C)c3cncc(Cl)c23)C1. The van der Waals surface area contributed by atoms with E-state index >= 15 is 0 Å². The smallest absolute Gasteiger partial charge is 0.256 e. The van der Waals surface area contributed by atoms with Crippen LogP contribution < -0.4 is 0 Å². The third-order valence-electron chi connectivity index (χ3n) is 8.74. The number of rotatable bonds is 10. The molecular weight excluding hydrogens is 543 g/mol. The summed E-state index contributed by atoms with van der Waals surface area (Å²) >= 11 is 6.75. The molecule has 2 atom stereocenters. The summed E-state index contributed by atoms with van der Waals surface area (Å²) < 4.78 is 27.7. The number of hydrogen-bond acceptors (Lipinski definition) is 5. The molecule has 2 aromatic heterocycles. The van der Waals surface area contributed by atoms with Crippen LogP contribution in [0.25, 0.3) is 16.6 Å². The van der Waals surface area contributed by atoms with E-state index in [1.165, 1.54) is 12.1 Å². The Morgan fingerprint density at radius 2 is 1.95 bits per heavy atom. The van der Waals surface area contributed by atoms with Crippen molar-refractivity contribution in [1.82, 2.24) is 19.4 Å². The zero-order chi connectivity index (χ0) is 29.3. The van der Waals surface area contributed by atoms with Gasteiger partial charge in [-0.3, -0.25) is 14.7 Å². The highest BCUT2D eigenvalue weighted by atomic mass is 35.5. The second kappa shape index (κ2) is 12.8. The van der Waals surface area contributed by atoms with Gasteiger partial charge in [-0.15, -0.1) is 0 Å². The van der Waals surface area contributed by atoms with Crippen molar-refractivity contribution in [1.29, 1.82) is 0 Å². The van der Waals surface area contributed by atoms with Crippen LogP contribution in [0.5, 0.6) is 0 Å². The fourth-order valence-corrected chi connectivity index (χ4v) is 6.62. The molecule has 1 amide bonds. The van der Waals surface area contributed by atoms with Gasteiger partial charge in [0.15, 0.2) is 6.29 Å². The monoisotopic (exact) mass is 584 g/mol. The van der Waals surface area contributed by atoms with Gasteiger partial charge in [0, 0.05) is 43.5 Å². The topological polar surface area (TPSA) is 59.8 Å². The van der Waals surface area contributed by atoms with Gasteiger partial charge in [-0.1, -0.05) is 25.4 Å². The normalized spacial score (nSPS) is 19.2. The van der Waals surface area contributed by atoms with Gasteiger partial charge in [-0.25, -0.2) is 4.39 Å². The molecule has 2 saturated heterocycles. The van der Waals surface area contributed by atoms with Crippen LogP contribution in [0.4, 0.5) is 4.39 Å². The van der Waals surface area contributed by atoms with Gasteiger partial charge in [0.2, 0.25) is 0 Å². The van der Waals surface area contributed by atoms with Crippen molar-refractivity contribution in [2.24, 2.45) is 11.8 Å². The van der Waals surface area contributed by atoms with Gasteiger partial charge in [0.05, 0.1) is 41.2 Å². The van der Waals surface area contributed by atoms with E-state index < -0.39 is 5.82 Å². The van der Waals surface area contributed by atoms with Gasteiger partial charge in [0.1, 0.15) is 5.82 Å². The number of halogens is 2. The Morgan fingerprint density at radius 1 is 1.20 bits per heavy atom. The summed E-state index contributed by atoms with van der Waals surface area (Å²) in [5.41, 5.74) is 2.86. The molecular formula is C32H42ClFN4O3. The molecule has 4 heterocycles. The van der Waals surface area contributed by atoms with E-state index in [0.29, 0.717) is 47.4 Å². The molecule has 0 bridgehead atoms. The molecule has 2 fully saturated rings. The lowest BCUT2D eigenvalue weighted by Crippen LogP contribution is -2.38. The summed E-state index contributed by atoms with van der Waals surface area (Å²) in [4.78, 5) is 22.0. The van der Waals surface area contributed by atoms with Crippen molar-refractivity contribution in [3.63, 3.8) is 0 Å². The maximum absolute atomic E-state index is 14.4. The Hall–Kier alpha value is -2.52. The third-order valence-corrected chi connectivity index (χ3v) is 9.03. The van der Waals surface area contributed by atoms with Gasteiger partial charge in [-0.2, -0.15) is 0 Å². The number of carbonyl (C=O) groups is 1. The Morgan fingerprint density at radius 3 is 2.66 bits per heavy atom. The summed E-state index contributed by atoms with van der Waals surface area (Å²) in [6.07, 6.45) is 9.38. The number of pyridine rings is 1. The van der Waals surface area contributed by atoms with Crippen molar-refractivity contribution in [2.75, 3.05) is 33.4 Å². The predicted octanol–water partition coefficient (Wildman–Crippen LogP) is 6.34. The van der Waals surface area contributed by atoms with E-state index in [0.717, 1.165) is 55.2 Å². The molecule has 41 heavy (non-hydrogen) atoms. The molecule has 9 heteroatoms. The van der Waals surface area contributed by atoms with Crippen molar-refractivity contribution in [3.8, 4) is 5.69 Å². The fraction of sp³-hybridized carbons (Fsp3) is 0.562. The number of fused-ring (bicyclic) bond motifs is 1. The predicted molar refractivity (Wildman–Crippen MR) is 160 cm³/mol. The van der Waals surface area contributed by atoms with Crippen LogP contribution >= 0.6 is 11.6 Å². The van der Waals surface area contributed by atoms with Crippen LogP contribution in [0.1, 0.15) is 62.9 Å². The molecule has 0 N–H and O–H groups in total. The first-order valence-corrected chi connectivity index (χ1v) is 15.2. The number of ether oxygens (including phenoxy) is 2. The molecule has 2 aliphatic rings. The molecule has 2 aliphatic heterocycles. The summed E-state index contributed by atoms with van der Waals surface area (Å²) in [6.45, 7) is 11.9. The lowest BCUT2D eigenvalue weighted by atomic mass is 9.96. The quantitative estimate of drug-likeness (QED) is 0.278. The molecule has 222 valence electrons. The minimum Gasteiger partial charge on any atom is -0.350 e. The van der Waals surface area contributed by atoms with Crippen LogP contribution in [-0.2, 0) is 15.9 Å². The summed E-state index contributed by atoms with van der Waals surface area (Å²) in [7, 11) is 1.74. The standard InChI is InChI=1S/C32H42ClFN4O3/c1-20(2)27(8-9-30-40-12-13-41-30)37-11-10-22(18-37)14-23-19-38(29-17-35-16-26(33)31(23)29)28-7-6-24(34)15-25(28)32(39)36(5)21(3)4/h6-7,15-17,19-22,27,30H,8-14,18H2,1-5H3/t22-,27?/m1/s1. The number of likely N-dealkylation sites (tertiary alicyclic amines) is 1. The molecule has 0 spiro atoms. The maximum atomic E-state index is 14.4. The number of hydrogen-bond donors (Lipinski definition) is 0. The first kappa shape index (κ1) is 30.0. The van der Waals surface area contributed by atoms with Gasteiger partial charge in [0.25, 0.3) is 5.91 Å². The highest BCUT2D eigenvalue weighted by molar-refractivity contribution is 6.35. The van der Waals surface area contributed by atoms with E-state index in [1.54, 1.807) is 30.4 Å². The highest BCUT2D eigenvalue weighted by Gasteiger charge is 2.32. The number of benzene rings is 1. The zero-order valence-electron chi connectivity index (χ0n) is 24.8. The first-order chi connectivity index (χ1) is 19.6. The lowest BCUT2D eigenvalue weighted by Gasteiger charge is -2.32. The van der Waals surface area contributed by atoms with Crippen molar-refractivity contribution in [2.45, 2.75) is 71.8 Å². The average Bonchev–Trinajstić information content (AvgIpc) is 3.70. The minimum absolute atomic E-state index is 0.0233. The number of amides is 1. The second-order valence-electron chi connectivity index (χ2n) is 12.1. The van der Waals surface area contributed by atoms with Crippen LogP contribution in [0.2, 0.25) is 5.02 Å². The summed E-state index contributed by atoms with van der Waals surface area (Å²) in [5, 5.41) is 1.52. The van der Waals surface area contributed by atoms with E-state index in [2.05, 4.69) is 29.9 Å². The second-order valence-corrected chi connectivity index (χ2v) is 12.5. The van der Waals surface area contributed by atoms with Crippen molar-refractivity contribution >= 4 is 28.4 Å². The van der Waals surface area contributed by atoms with Crippen molar-refractivity contribution < 1.29 is 18.7 Å². The molecule has 1 aromatic carbocycles. The van der Waals surface area contributed by atoms with Gasteiger partial charge >= 0.3 is 0 Å². The molecule has 5 rings (SSSR count). The molecule has 0 saturated carbocycles. The van der Waals surface area contributed by atoms with Crippen LogP contribution in [-0.4, -0.2) is 77.0 Å². The Balaban J connectivity index is 1.41. The fourth-order valence-electron chi connectivity index (χ4n) is 6.34. The Kier molecular flexibility index (Phi) is 9.33. The molecule has 0 aliphatic carbocycles. The summed E-state index contributed by atoms with van der Waals surface area (Å²) in [6, 6.07) is 4.84. The van der Waals surface area contributed by atoms with Gasteiger partial charge < -0.3 is 18.9 Å². The van der Waals surface area contributed by atoms with Crippen LogP contribution in [0, 0.1) is 17.7 Å². The van der Waals surface area contributed by atoms with E-state index in [-0.39, 0.29) is 18.2 Å². The Bertz CT molecular complexity index is 1370. The first-order valence-electron chi connectivity index (χ1n) is 14.8. The number of aromatic nitrogens is 2. The lowest BCUT2D eigenvalue weighted by molar-refractivity contribution is -0.0527. The van der Waals surface area contributed by atoms with E-state index in [1.807, 2.05) is 18.4 Å². The van der Waals surface area contributed by atoms with Crippen LogP contribution in [0.3, 0.4) is 0 Å². The van der Waals surface area contributed by atoms with E-state index in [9.17, 15) is 9.18 Å². The van der Waals surface area contributed by atoms with Gasteiger partial charge in [-0.05, 0) is 81.7 Å². The minimum atomic E-state index is -0.445. The molecule has 1 unspecified atom stereocenters. The zero-order valence-corrected chi connectivity index (χ0v) is 25.5. The summed E-state index contributed by atoms with van der Waals surface area (Å²) in [5.74, 6) is 0.335. The molecule has 0 radical (unpaired) electrons.